The van der Waals surface area contributed by atoms with Gasteiger partial charge in [-0.2, -0.15) is 0 Å². The van der Waals surface area contributed by atoms with Crippen LogP contribution in [0.2, 0.25) is 0 Å². The molecule has 0 saturated heterocycles. The predicted octanol–water partition coefficient (Wildman–Crippen LogP) is 1.23. The van der Waals surface area contributed by atoms with Crippen molar-refractivity contribution in [3.63, 3.8) is 0 Å². The second-order valence-corrected chi connectivity index (χ2v) is 3.31. The molecule has 0 aliphatic rings. The van der Waals surface area contributed by atoms with Crippen LogP contribution in [0.25, 0.3) is 0 Å². The maximum absolute atomic E-state index is 11.6. The maximum atomic E-state index is 11.6. The topological polar surface area (TPSA) is 79.2 Å². The van der Waals surface area contributed by atoms with E-state index in [4.69, 9.17) is 11.6 Å². The number of amides is 1. The summed E-state index contributed by atoms with van der Waals surface area (Å²) in [5.74, 6) is -0.188. The van der Waals surface area contributed by atoms with Crippen LogP contribution >= 0.6 is 11.6 Å². The van der Waals surface area contributed by atoms with Gasteiger partial charge in [0.15, 0.2) is 5.69 Å². The Kier molecular flexibility index (Phi) is 3.68. The fourth-order valence-electron chi connectivity index (χ4n) is 1.05. The van der Waals surface area contributed by atoms with Gasteiger partial charge in [-0.15, -0.1) is 11.6 Å². The minimum atomic E-state index is -0.585. The zero-order chi connectivity index (χ0) is 11.4. The molecule has 1 rings (SSSR count). The Labute approximate surface area is 91.0 Å². The minimum absolute atomic E-state index is 0.189. The molecular weight excluding hydrogens is 222 g/mol. The number of hydrogen-bond donors (Lipinski definition) is 1. The molecule has 0 fully saturated rings. The lowest BCUT2D eigenvalue weighted by Gasteiger charge is -2.12. The zero-order valence-corrected chi connectivity index (χ0v) is 8.82. The van der Waals surface area contributed by atoms with Crippen LogP contribution in [0.5, 0.6) is 0 Å². The summed E-state index contributed by atoms with van der Waals surface area (Å²) in [5.41, 5.74) is 0.189. The number of nitrogens with zero attached hydrogens (tertiary/aromatic N) is 2. The lowest BCUT2D eigenvalue weighted by molar-refractivity contribution is -0.389. The predicted molar refractivity (Wildman–Crippen MR) is 55.1 cm³/mol. The molecule has 0 atom stereocenters. The van der Waals surface area contributed by atoms with Crippen LogP contribution in [0, 0.1) is 10.1 Å². The van der Waals surface area contributed by atoms with E-state index in [0.717, 1.165) is 0 Å². The van der Waals surface area contributed by atoms with E-state index in [-0.39, 0.29) is 17.4 Å². The summed E-state index contributed by atoms with van der Waals surface area (Å²) in [5, 5.41) is 10.4. The monoisotopic (exact) mass is 231 g/mol. The minimum Gasteiger partial charge on any atom is -0.358 e. The first-order valence-electron chi connectivity index (χ1n) is 4.21. The quantitative estimate of drug-likeness (QED) is 0.481. The number of H-pyrrole nitrogens is 1. The lowest BCUT2D eigenvalue weighted by atomic mass is 10.4. The number of rotatable bonds is 4. The molecule has 1 aromatic rings. The van der Waals surface area contributed by atoms with E-state index < -0.39 is 4.92 Å². The van der Waals surface area contributed by atoms with Gasteiger partial charge in [0, 0.05) is 25.5 Å². The standard InChI is InChI=1S/C8H10ClN3O3/c1-11(5-4-9)8(13)6-2-3-7(10-6)12(14)15/h2-3,10H,4-5H2,1H3. The number of aromatic amines is 1. The molecule has 1 heterocycles. The number of halogens is 1. The van der Waals surface area contributed by atoms with Gasteiger partial charge in [-0.25, -0.2) is 4.98 Å². The number of hydrogen-bond acceptors (Lipinski definition) is 3. The fourth-order valence-corrected chi connectivity index (χ4v) is 1.30. The summed E-state index contributed by atoms with van der Waals surface area (Å²) in [6, 6.07) is 2.63. The zero-order valence-electron chi connectivity index (χ0n) is 8.07. The molecule has 0 radical (unpaired) electrons. The summed E-state index contributed by atoms with van der Waals surface area (Å²) >= 11 is 5.47. The van der Waals surface area contributed by atoms with Crippen molar-refractivity contribution < 1.29 is 9.72 Å². The Morgan fingerprint density at radius 3 is 2.80 bits per heavy atom. The smallest absolute Gasteiger partial charge is 0.321 e. The van der Waals surface area contributed by atoms with Crippen LogP contribution in [0.1, 0.15) is 10.5 Å². The van der Waals surface area contributed by atoms with Crippen molar-refractivity contribution in [1.29, 1.82) is 0 Å². The summed E-state index contributed by atoms with van der Waals surface area (Å²) in [7, 11) is 1.58. The normalized spacial score (nSPS) is 10.0. The van der Waals surface area contributed by atoms with Crippen LogP contribution in [-0.4, -0.2) is 40.2 Å². The van der Waals surface area contributed by atoms with Crippen LogP contribution in [-0.2, 0) is 0 Å². The van der Waals surface area contributed by atoms with E-state index in [1.54, 1.807) is 7.05 Å². The van der Waals surface area contributed by atoms with E-state index >= 15 is 0 Å². The maximum Gasteiger partial charge on any atom is 0.321 e. The van der Waals surface area contributed by atoms with E-state index in [9.17, 15) is 14.9 Å². The third-order valence-corrected chi connectivity index (χ3v) is 2.03. The Morgan fingerprint density at radius 1 is 1.67 bits per heavy atom. The molecule has 1 N–H and O–H groups in total. The van der Waals surface area contributed by atoms with Crippen LogP contribution in [0.3, 0.4) is 0 Å². The molecular formula is C8H10ClN3O3. The van der Waals surface area contributed by atoms with Crippen molar-refractivity contribution in [2.75, 3.05) is 19.5 Å². The lowest BCUT2D eigenvalue weighted by Crippen LogP contribution is -2.28. The molecule has 1 aromatic heterocycles. The summed E-state index contributed by atoms with van der Waals surface area (Å²) in [6.07, 6.45) is 0. The Hall–Kier alpha value is -1.56. The average molecular weight is 232 g/mol. The van der Waals surface area contributed by atoms with Gasteiger partial charge in [0.1, 0.15) is 0 Å². The van der Waals surface area contributed by atoms with E-state index in [1.807, 2.05) is 0 Å². The van der Waals surface area contributed by atoms with Gasteiger partial charge in [-0.1, -0.05) is 0 Å². The van der Waals surface area contributed by atoms with Crippen molar-refractivity contribution in [3.05, 3.63) is 27.9 Å². The van der Waals surface area contributed by atoms with Crippen molar-refractivity contribution in [2.45, 2.75) is 0 Å². The highest BCUT2D eigenvalue weighted by Crippen LogP contribution is 2.11. The molecule has 0 aromatic carbocycles. The number of nitrogens with one attached hydrogen (secondary N) is 1. The molecule has 82 valence electrons. The number of alkyl halides is 1. The fraction of sp³-hybridized carbons (Fsp3) is 0.375. The number of aromatic nitrogens is 1. The van der Waals surface area contributed by atoms with E-state index in [1.165, 1.54) is 17.0 Å². The van der Waals surface area contributed by atoms with Crippen LogP contribution in [0.4, 0.5) is 5.82 Å². The van der Waals surface area contributed by atoms with E-state index in [2.05, 4.69) is 4.98 Å². The van der Waals surface area contributed by atoms with Crippen molar-refractivity contribution in [3.8, 4) is 0 Å². The number of carbonyl (C=O) groups is 1. The van der Waals surface area contributed by atoms with Crippen molar-refractivity contribution in [2.24, 2.45) is 0 Å². The van der Waals surface area contributed by atoms with Gasteiger partial charge in [0.05, 0.1) is 0 Å². The molecule has 0 aliphatic heterocycles. The largest absolute Gasteiger partial charge is 0.358 e. The Bertz CT molecular complexity index is 377. The van der Waals surface area contributed by atoms with Gasteiger partial charge >= 0.3 is 5.82 Å². The molecule has 0 aliphatic carbocycles. The van der Waals surface area contributed by atoms with Crippen molar-refractivity contribution >= 4 is 23.3 Å². The Morgan fingerprint density at radius 2 is 2.33 bits per heavy atom. The third kappa shape index (κ3) is 2.69. The van der Waals surface area contributed by atoms with Gasteiger partial charge in [-0.05, 0) is 11.0 Å². The third-order valence-electron chi connectivity index (χ3n) is 1.86. The first-order valence-corrected chi connectivity index (χ1v) is 4.74. The molecule has 0 unspecified atom stereocenters. The second kappa shape index (κ2) is 4.79. The highest BCUT2D eigenvalue weighted by molar-refractivity contribution is 6.18. The highest BCUT2D eigenvalue weighted by Gasteiger charge is 2.18. The molecule has 7 heteroatoms. The van der Waals surface area contributed by atoms with Crippen LogP contribution in [0.15, 0.2) is 12.1 Å². The van der Waals surface area contributed by atoms with Crippen molar-refractivity contribution in [1.82, 2.24) is 9.88 Å². The van der Waals surface area contributed by atoms with Gasteiger partial charge < -0.3 is 15.0 Å². The first kappa shape index (κ1) is 11.5. The Balaban J connectivity index is 2.78. The van der Waals surface area contributed by atoms with Gasteiger partial charge in [-0.3, -0.25) is 4.79 Å². The first-order chi connectivity index (χ1) is 7.06. The molecule has 15 heavy (non-hydrogen) atoms. The summed E-state index contributed by atoms with van der Waals surface area (Å²) < 4.78 is 0. The second-order valence-electron chi connectivity index (χ2n) is 2.93. The number of carbonyl (C=O) groups excluding carboxylic acids is 1. The van der Waals surface area contributed by atoms with Crippen LogP contribution < -0.4 is 0 Å². The summed E-state index contributed by atoms with van der Waals surface area (Å²) in [4.78, 5) is 25.2. The highest BCUT2D eigenvalue weighted by atomic mass is 35.5. The molecule has 0 bridgehead atoms. The molecule has 0 spiro atoms. The van der Waals surface area contributed by atoms with E-state index in [0.29, 0.717) is 12.4 Å². The number of nitro groups is 1. The molecule has 6 nitrogen and oxygen atoms in total. The summed E-state index contributed by atoms with van der Waals surface area (Å²) in [6.45, 7) is 0.396. The molecule has 0 saturated carbocycles. The van der Waals surface area contributed by atoms with Gasteiger partial charge in [0.25, 0.3) is 5.91 Å². The van der Waals surface area contributed by atoms with Gasteiger partial charge in [0.2, 0.25) is 0 Å². The SMILES string of the molecule is CN(CCCl)C(=O)c1ccc([N+](=O)[O-])[nH]1. The average Bonchev–Trinajstić information content (AvgIpc) is 2.65. The molecule has 1 amide bonds.